The Morgan fingerprint density at radius 3 is 1.22 bits per heavy atom. The Kier molecular flexibility index (Phi) is 23.7. The summed E-state index contributed by atoms with van der Waals surface area (Å²) in [5, 5.41) is 22.0. The first-order chi connectivity index (χ1) is 34.0. The van der Waals surface area contributed by atoms with Crippen LogP contribution in [0.15, 0.2) is 127 Å². The number of aromatic hydroxyl groups is 1. The smallest absolute Gasteiger partial charge is 0.225 e. The van der Waals surface area contributed by atoms with Gasteiger partial charge in [0.1, 0.15) is 17.6 Å². The summed E-state index contributed by atoms with van der Waals surface area (Å²) in [6.45, 7) is 6.28. The minimum Gasteiger partial charge on any atom is -0.507 e. The Bertz CT molecular complexity index is 2180. The first-order valence-electron chi connectivity index (χ1n) is 26.4. The van der Waals surface area contributed by atoms with Gasteiger partial charge in [-0.25, -0.2) is 15.0 Å². The number of rotatable bonds is 34. The van der Waals surface area contributed by atoms with E-state index in [1.54, 1.807) is 19.1 Å². The van der Waals surface area contributed by atoms with Crippen LogP contribution in [0.4, 0.5) is 0 Å². The van der Waals surface area contributed by atoms with Crippen molar-refractivity contribution in [3.63, 3.8) is 0 Å². The third-order valence-corrected chi connectivity index (χ3v) is 12.8. The normalized spacial score (nSPS) is 12.3. The summed E-state index contributed by atoms with van der Waals surface area (Å²) in [7, 11) is 0. The molecule has 0 aliphatic carbocycles. The van der Waals surface area contributed by atoms with E-state index in [0.29, 0.717) is 35.4 Å². The highest BCUT2D eigenvalue weighted by Crippen LogP contribution is 2.34. The van der Waals surface area contributed by atoms with E-state index in [0.717, 1.165) is 59.4 Å². The predicted octanol–water partition coefficient (Wildman–Crippen LogP) is 16.2. The van der Waals surface area contributed by atoms with Crippen molar-refractivity contribution in [3.05, 3.63) is 127 Å². The Balaban J connectivity index is 0.907. The number of phenols is 1. The van der Waals surface area contributed by atoms with E-state index in [-0.39, 0.29) is 5.75 Å². The first-order valence-corrected chi connectivity index (χ1v) is 26.4. The average molecular weight is 934 g/mol. The minimum atomic E-state index is -0.876. The van der Waals surface area contributed by atoms with Crippen molar-refractivity contribution in [2.45, 2.75) is 161 Å². The number of aliphatic hydroxyl groups is 1. The molecule has 2 N–H and O–H groups in total. The molecule has 2 atom stereocenters. The fraction of sp³-hybridized carbons (Fsp3) is 0.459. The van der Waals surface area contributed by atoms with Gasteiger partial charge >= 0.3 is 0 Å². The number of nitrogens with zero attached hydrogens (tertiary/aromatic N) is 3. The molecular weight excluding hydrogens is 855 g/mol. The zero-order chi connectivity index (χ0) is 48.1. The maximum absolute atomic E-state index is 11.4. The second-order valence-electron chi connectivity index (χ2n) is 18.7. The summed E-state index contributed by atoms with van der Waals surface area (Å²) in [4.78, 5) is 14.7. The van der Waals surface area contributed by atoms with Gasteiger partial charge in [0.15, 0.2) is 17.5 Å². The van der Waals surface area contributed by atoms with Gasteiger partial charge in [-0.3, -0.25) is 0 Å². The van der Waals surface area contributed by atoms with Crippen molar-refractivity contribution in [3.8, 4) is 67.9 Å². The second kappa shape index (κ2) is 30.9. The van der Waals surface area contributed by atoms with Crippen molar-refractivity contribution in [2.75, 3.05) is 19.8 Å². The molecule has 8 nitrogen and oxygen atoms in total. The van der Waals surface area contributed by atoms with E-state index in [2.05, 4.69) is 55.5 Å². The quantitative estimate of drug-likeness (QED) is 0.0304. The molecule has 1 heterocycles. The van der Waals surface area contributed by atoms with Crippen LogP contribution in [-0.2, 0) is 9.47 Å². The van der Waals surface area contributed by atoms with Crippen molar-refractivity contribution in [1.29, 1.82) is 0 Å². The first kappa shape index (κ1) is 53.0. The summed E-state index contributed by atoms with van der Waals surface area (Å²) in [5.74, 6) is 1.62. The SMILES string of the molecule is CCCCCCCCCCCCOCCCCCCCCCCCCCOC(Oc1ccc(-c2nc(-c3ccc(-c4ccccc4)cc3)nc(-c3ccc(-c4ccccc4)cc3)n2)c(O)c1)C(C)O. The lowest BCUT2D eigenvalue weighted by molar-refractivity contribution is -0.140. The maximum Gasteiger partial charge on any atom is 0.225 e. The maximum atomic E-state index is 11.4. The third-order valence-electron chi connectivity index (χ3n) is 12.8. The highest BCUT2D eigenvalue weighted by atomic mass is 16.7. The fourth-order valence-electron chi connectivity index (χ4n) is 8.71. The summed E-state index contributed by atoms with van der Waals surface area (Å²) in [6, 6.07) is 41.8. The monoisotopic (exact) mass is 934 g/mol. The molecule has 368 valence electrons. The number of phenolic OH excluding ortho intramolecular Hbond substituents is 1. The van der Waals surface area contributed by atoms with Crippen molar-refractivity contribution >= 4 is 0 Å². The van der Waals surface area contributed by atoms with E-state index in [1.165, 1.54) is 128 Å². The van der Waals surface area contributed by atoms with Crippen molar-refractivity contribution < 1.29 is 24.4 Å². The van der Waals surface area contributed by atoms with E-state index in [1.807, 2.05) is 60.7 Å². The topological polar surface area (TPSA) is 107 Å². The minimum absolute atomic E-state index is 0.0570. The average Bonchev–Trinajstić information content (AvgIpc) is 3.38. The van der Waals surface area contributed by atoms with Gasteiger partial charge in [0.05, 0.1) is 12.2 Å². The van der Waals surface area contributed by atoms with Crippen molar-refractivity contribution in [1.82, 2.24) is 15.0 Å². The lowest BCUT2D eigenvalue weighted by atomic mass is 10.0. The van der Waals surface area contributed by atoms with Gasteiger partial charge in [0.2, 0.25) is 6.29 Å². The van der Waals surface area contributed by atoms with E-state index < -0.39 is 12.4 Å². The molecule has 8 heteroatoms. The molecule has 0 bridgehead atoms. The lowest BCUT2D eigenvalue weighted by Gasteiger charge is -2.22. The van der Waals surface area contributed by atoms with Crippen LogP contribution in [-0.4, -0.2) is 57.4 Å². The standard InChI is InChI=1S/C61H79N3O5/c1-3-4-5-6-7-8-12-15-18-27-44-67-45-28-19-16-13-10-9-11-14-17-20-29-46-68-61(48(2)65)69-55-42-43-56(57(66)47-55)60-63-58(53-38-34-51(35-39-53)49-30-23-21-24-31-49)62-59(64-60)54-40-36-52(37-41-54)50-32-25-22-26-33-50/h21-26,30-43,47-48,61,65-66H,3-20,27-29,44-46H2,1-2H3. The molecule has 0 saturated carbocycles. The zero-order valence-corrected chi connectivity index (χ0v) is 41.7. The van der Waals surface area contributed by atoms with Gasteiger partial charge < -0.3 is 24.4 Å². The molecule has 0 radical (unpaired) electrons. The second-order valence-corrected chi connectivity index (χ2v) is 18.7. The summed E-state index contributed by atoms with van der Waals surface area (Å²) in [5.41, 5.74) is 6.50. The fourth-order valence-corrected chi connectivity index (χ4v) is 8.71. The van der Waals surface area contributed by atoms with Crippen LogP contribution in [0.2, 0.25) is 0 Å². The number of ether oxygens (including phenoxy) is 3. The number of unbranched alkanes of at least 4 members (excludes halogenated alkanes) is 19. The largest absolute Gasteiger partial charge is 0.507 e. The van der Waals surface area contributed by atoms with Gasteiger partial charge in [0, 0.05) is 30.4 Å². The Morgan fingerprint density at radius 1 is 0.420 bits per heavy atom. The zero-order valence-electron chi connectivity index (χ0n) is 41.7. The van der Waals surface area contributed by atoms with Crippen LogP contribution >= 0.6 is 0 Å². The summed E-state index contributed by atoms with van der Waals surface area (Å²) >= 11 is 0. The molecule has 69 heavy (non-hydrogen) atoms. The molecule has 6 rings (SSSR count). The molecule has 5 aromatic carbocycles. The van der Waals surface area contributed by atoms with E-state index in [4.69, 9.17) is 29.2 Å². The van der Waals surface area contributed by atoms with Crippen LogP contribution in [0.5, 0.6) is 11.5 Å². The predicted molar refractivity (Wildman–Crippen MR) is 284 cm³/mol. The van der Waals surface area contributed by atoms with Gasteiger partial charge in [0.25, 0.3) is 0 Å². The van der Waals surface area contributed by atoms with Crippen LogP contribution in [0, 0.1) is 0 Å². The van der Waals surface area contributed by atoms with Crippen LogP contribution < -0.4 is 4.74 Å². The molecular formula is C61H79N3O5. The molecule has 6 aromatic rings. The number of hydrogen-bond donors (Lipinski definition) is 2. The van der Waals surface area contributed by atoms with Crippen LogP contribution in [0.25, 0.3) is 56.4 Å². The molecule has 0 aliphatic rings. The molecule has 2 unspecified atom stereocenters. The molecule has 0 spiro atoms. The molecule has 0 saturated heterocycles. The van der Waals surface area contributed by atoms with Gasteiger partial charge in [-0.05, 0) is 60.6 Å². The summed E-state index contributed by atoms with van der Waals surface area (Å²) in [6.07, 6.45) is 25.3. The number of benzene rings is 5. The molecule has 1 aromatic heterocycles. The van der Waals surface area contributed by atoms with Gasteiger partial charge in [-0.1, -0.05) is 232 Å². The summed E-state index contributed by atoms with van der Waals surface area (Å²) < 4.78 is 18.0. The van der Waals surface area contributed by atoms with E-state index in [9.17, 15) is 10.2 Å². The van der Waals surface area contributed by atoms with Crippen LogP contribution in [0.3, 0.4) is 0 Å². The molecule has 0 fully saturated rings. The van der Waals surface area contributed by atoms with Gasteiger partial charge in [-0.15, -0.1) is 0 Å². The Morgan fingerprint density at radius 2 is 0.797 bits per heavy atom. The van der Waals surface area contributed by atoms with E-state index >= 15 is 0 Å². The molecule has 0 aliphatic heterocycles. The Labute approximate surface area is 414 Å². The molecule has 0 amide bonds. The third kappa shape index (κ3) is 18.8. The number of hydrogen-bond acceptors (Lipinski definition) is 8. The number of aromatic nitrogens is 3. The highest BCUT2D eigenvalue weighted by Gasteiger charge is 2.20. The van der Waals surface area contributed by atoms with Crippen LogP contribution in [0.1, 0.15) is 149 Å². The lowest BCUT2D eigenvalue weighted by Crippen LogP contribution is -2.32. The number of aliphatic hydroxyl groups excluding tert-OH is 1. The van der Waals surface area contributed by atoms with Crippen molar-refractivity contribution in [2.24, 2.45) is 0 Å². The van der Waals surface area contributed by atoms with Gasteiger partial charge in [-0.2, -0.15) is 0 Å². The highest BCUT2D eigenvalue weighted by molar-refractivity contribution is 5.73. The Hall–Kier alpha value is -5.41.